The van der Waals surface area contributed by atoms with Crippen molar-refractivity contribution in [3.8, 4) is 0 Å². The molecular weight excluding hydrogens is 296 g/mol. The van der Waals surface area contributed by atoms with E-state index in [2.05, 4.69) is 13.8 Å². The number of hydrogen-bond donors (Lipinski definition) is 1. The maximum Gasteiger partial charge on any atom is 0.182 e. The molecule has 1 saturated carbocycles. The molecule has 6 heteroatoms. The van der Waals surface area contributed by atoms with Crippen LogP contribution in [0.3, 0.4) is 0 Å². The molecule has 1 aromatic rings. The van der Waals surface area contributed by atoms with Crippen LogP contribution in [0.15, 0.2) is 23.1 Å². The van der Waals surface area contributed by atoms with Gasteiger partial charge in [0.1, 0.15) is 0 Å². The molecule has 3 atom stereocenters. The summed E-state index contributed by atoms with van der Waals surface area (Å²) in [5.74, 6) is -1.54. The largest absolute Gasteiger partial charge is 0.327 e. The molecule has 1 aliphatic rings. The van der Waals surface area contributed by atoms with E-state index in [0.717, 1.165) is 24.6 Å². The van der Waals surface area contributed by atoms with Gasteiger partial charge in [0.25, 0.3) is 0 Å². The van der Waals surface area contributed by atoms with Gasteiger partial charge in [-0.05, 0) is 49.3 Å². The summed E-state index contributed by atoms with van der Waals surface area (Å²) in [7, 11) is -3.75. The highest BCUT2D eigenvalue weighted by atomic mass is 32.2. The van der Waals surface area contributed by atoms with E-state index in [0.29, 0.717) is 18.8 Å². The Kier molecular flexibility index (Phi) is 4.68. The van der Waals surface area contributed by atoms with Crippen molar-refractivity contribution in [3.63, 3.8) is 0 Å². The van der Waals surface area contributed by atoms with Crippen molar-refractivity contribution in [2.24, 2.45) is 17.6 Å². The van der Waals surface area contributed by atoms with Crippen LogP contribution in [0.1, 0.15) is 33.1 Å². The number of benzene rings is 1. The highest BCUT2D eigenvalue weighted by molar-refractivity contribution is 7.92. The van der Waals surface area contributed by atoms with Gasteiger partial charge in [0, 0.05) is 6.04 Å². The molecule has 3 unspecified atom stereocenters. The third-order valence-corrected chi connectivity index (χ3v) is 6.69. The minimum atomic E-state index is -3.75. The summed E-state index contributed by atoms with van der Waals surface area (Å²) in [6, 6.07) is 2.24. The first-order chi connectivity index (χ1) is 9.73. The first kappa shape index (κ1) is 16.4. The molecule has 2 N–H and O–H groups in total. The van der Waals surface area contributed by atoms with E-state index < -0.39 is 32.8 Å². The van der Waals surface area contributed by atoms with Gasteiger partial charge in [-0.2, -0.15) is 0 Å². The van der Waals surface area contributed by atoms with Crippen LogP contribution in [0.4, 0.5) is 8.78 Å². The second-order valence-electron chi connectivity index (χ2n) is 6.14. The van der Waals surface area contributed by atoms with Gasteiger partial charge >= 0.3 is 0 Å². The Balaban J connectivity index is 2.34. The van der Waals surface area contributed by atoms with Gasteiger partial charge in [-0.15, -0.1) is 0 Å². The average molecular weight is 317 g/mol. The van der Waals surface area contributed by atoms with Crippen LogP contribution in [0.2, 0.25) is 0 Å². The highest BCUT2D eigenvalue weighted by Crippen LogP contribution is 2.35. The smallest absolute Gasteiger partial charge is 0.182 e. The van der Waals surface area contributed by atoms with Crippen LogP contribution in [0.25, 0.3) is 0 Å². The van der Waals surface area contributed by atoms with Crippen molar-refractivity contribution in [2.75, 3.05) is 0 Å². The van der Waals surface area contributed by atoms with Gasteiger partial charge in [-0.25, -0.2) is 17.2 Å². The lowest BCUT2D eigenvalue weighted by molar-refractivity contribution is 0.261. The fraction of sp³-hybridized carbons (Fsp3) is 0.600. The summed E-state index contributed by atoms with van der Waals surface area (Å²) in [4.78, 5) is -0.189. The molecular formula is C15H21F2NO2S. The molecule has 1 aromatic carbocycles. The summed E-state index contributed by atoms with van der Waals surface area (Å²) >= 11 is 0. The standard InChI is InChI=1S/C15H21F2NO2S/c1-9(2)10-3-6-14(18)15(7-10)21(19,20)11-4-5-12(16)13(17)8-11/h4-5,8-10,14-15H,3,6-7,18H2,1-2H3. The molecule has 2 rings (SSSR count). The highest BCUT2D eigenvalue weighted by Gasteiger charge is 2.39. The fourth-order valence-corrected chi connectivity index (χ4v) is 4.95. The maximum atomic E-state index is 13.3. The van der Waals surface area contributed by atoms with Gasteiger partial charge in [0.15, 0.2) is 21.5 Å². The molecule has 0 spiro atoms. The minimum absolute atomic E-state index is 0.189. The predicted octanol–water partition coefficient (Wildman–Crippen LogP) is 2.89. The Morgan fingerprint density at radius 2 is 1.86 bits per heavy atom. The average Bonchev–Trinajstić information content (AvgIpc) is 2.41. The first-order valence-electron chi connectivity index (χ1n) is 7.18. The Hall–Kier alpha value is -1.01. The molecule has 3 nitrogen and oxygen atoms in total. The van der Waals surface area contributed by atoms with Gasteiger partial charge in [0.2, 0.25) is 0 Å². The summed E-state index contributed by atoms with van der Waals surface area (Å²) in [6.07, 6.45) is 2.01. The topological polar surface area (TPSA) is 60.2 Å². The van der Waals surface area contributed by atoms with E-state index in [1.54, 1.807) is 0 Å². The van der Waals surface area contributed by atoms with Crippen molar-refractivity contribution in [2.45, 2.75) is 49.3 Å². The van der Waals surface area contributed by atoms with Gasteiger partial charge < -0.3 is 5.73 Å². The zero-order valence-electron chi connectivity index (χ0n) is 12.2. The lowest BCUT2D eigenvalue weighted by Crippen LogP contribution is -2.46. The second kappa shape index (κ2) is 6.01. The fourth-order valence-electron chi connectivity index (χ4n) is 2.97. The molecule has 0 aliphatic heterocycles. The zero-order valence-corrected chi connectivity index (χ0v) is 13.0. The van der Waals surface area contributed by atoms with E-state index in [4.69, 9.17) is 5.73 Å². The lowest BCUT2D eigenvalue weighted by atomic mass is 9.79. The lowest BCUT2D eigenvalue weighted by Gasteiger charge is -2.35. The van der Waals surface area contributed by atoms with E-state index in [1.807, 2.05) is 0 Å². The summed E-state index contributed by atoms with van der Waals surface area (Å²) in [5, 5.41) is -0.733. The number of sulfone groups is 1. The zero-order chi connectivity index (χ0) is 15.8. The van der Waals surface area contributed by atoms with Gasteiger partial charge in [-0.3, -0.25) is 0 Å². The number of rotatable bonds is 3. The normalized spacial score (nSPS) is 27.0. The Labute approximate surface area is 124 Å². The molecule has 1 fully saturated rings. The number of halogens is 2. The molecule has 0 amide bonds. The molecule has 0 radical (unpaired) electrons. The number of hydrogen-bond acceptors (Lipinski definition) is 3. The molecule has 1 aliphatic carbocycles. The molecule has 21 heavy (non-hydrogen) atoms. The van der Waals surface area contributed by atoms with Crippen molar-refractivity contribution in [3.05, 3.63) is 29.8 Å². The molecule has 0 bridgehead atoms. The van der Waals surface area contributed by atoms with Crippen molar-refractivity contribution < 1.29 is 17.2 Å². The van der Waals surface area contributed by atoms with Crippen LogP contribution in [0, 0.1) is 23.5 Å². The van der Waals surface area contributed by atoms with Crippen molar-refractivity contribution in [1.29, 1.82) is 0 Å². The Morgan fingerprint density at radius 3 is 2.43 bits per heavy atom. The van der Waals surface area contributed by atoms with E-state index >= 15 is 0 Å². The van der Waals surface area contributed by atoms with Gasteiger partial charge in [-0.1, -0.05) is 13.8 Å². The molecule has 0 saturated heterocycles. The third-order valence-electron chi connectivity index (χ3n) is 4.44. The first-order valence-corrected chi connectivity index (χ1v) is 8.72. The Bertz CT molecular complexity index is 616. The van der Waals surface area contributed by atoms with Gasteiger partial charge in [0.05, 0.1) is 10.1 Å². The summed E-state index contributed by atoms with van der Waals surface area (Å²) < 4.78 is 51.6. The second-order valence-corrected chi connectivity index (χ2v) is 8.31. The summed E-state index contributed by atoms with van der Waals surface area (Å²) in [6.45, 7) is 4.12. The molecule has 0 heterocycles. The van der Waals surface area contributed by atoms with E-state index in [1.165, 1.54) is 0 Å². The van der Waals surface area contributed by atoms with E-state index in [-0.39, 0.29) is 10.8 Å². The molecule has 0 aromatic heterocycles. The van der Waals surface area contributed by atoms with Crippen LogP contribution < -0.4 is 5.73 Å². The van der Waals surface area contributed by atoms with Crippen molar-refractivity contribution >= 4 is 9.84 Å². The number of nitrogens with two attached hydrogens (primary N) is 1. The van der Waals surface area contributed by atoms with Crippen LogP contribution >= 0.6 is 0 Å². The molecule has 118 valence electrons. The maximum absolute atomic E-state index is 13.3. The van der Waals surface area contributed by atoms with Crippen LogP contribution in [0.5, 0.6) is 0 Å². The SMILES string of the molecule is CC(C)C1CCC(N)C(S(=O)(=O)c2ccc(F)c(F)c2)C1. The third kappa shape index (κ3) is 3.26. The minimum Gasteiger partial charge on any atom is -0.327 e. The van der Waals surface area contributed by atoms with Crippen LogP contribution in [-0.4, -0.2) is 19.7 Å². The van der Waals surface area contributed by atoms with Crippen LogP contribution in [-0.2, 0) is 9.84 Å². The Morgan fingerprint density at radius 1 is 1.19 bits per heavy atom. The monoisotopic (exact) mass is 317 g/mol. The van der Waals surface area contributed by atoms with Crippen molar-refractivity contribution in [1.82, 2.24) is 0 Å². The quantitative estimate of drug-likeness (QED) is 0.872. The summed E-state index contributed by atoms with van der Waals surface area (Å²) in [5.41, 5.74) is 5.99. The predicted molar refractivity (Wildman–Crippen MR) is 77.5 cm³/mol. The van der Waals surface area contributed by atoms with E-state index in [9.17, 15) is 17.2 Å².